The van der Waals surface area contributed by atoms with E-state index in [9.17, 15) is 9.59 Å². The number of hydrogen-bond acceptors (Lipinski definition) is 2. The van der Waals surface area contributed by atoms with Crippen molar-refractivity contribution in [1.29, 1.82) is 0 Å². The standard InChI is InChI=1S/C12H16O4/c1-7(2)5-9(11(13)14)10(12(15)16)6-8(3)4/h5-6H,1-4H3,(H,13,14)(H,15,16)/b10-9-. The highest BCUT2D eigenvalue weighted by Crippen LogP contribution is 2.13. The van der Waals surface area contributed by atoms with E-state index in [1.165, 1.54) is 12.2 Å². The maximum absolute atomic E-state index is 11.0. The van der Waals surface area contributed by atoms with Gasteiger partial charge in [0.15, 0.2) is 0 Å². The van der Waals surface area contributed by atoms with Crippen molar-refractivity contribution in [2.45, 2.75) is 27.7 Å². The van der Waals surface area contributed by atoms with Gasteiger partial charge in [0.1, 0.15) is 0 Å². The van der Waals surface area contributed by atoms with E-state index in [0.29, 0.717) is 0 Å². The molecule has 0 aromatic heterocycles. The lowest BCUT2D eigenvalue weighted by molar-refractivity contribution is -0.135. The fourth-order valence-electron chi connectivity index (χ4n) is 1.09. The Morgan fingerprint density at radius 3 is 1.12 bits per heavy atom. The van der Waals surface area contributed by atoms with Gasteiger partial charge < -0.3 is 10.2 Å². The van der Waals surface area contributed by atoms with Crippen molar-refractivity contribution >= 4 is 11.9 Å². The molecule has 16 heavy (non-hydrogen) atoms. The third-order valence-electron chi connectivity index (χ3n) is 1.62. The summed E-state index contributed by atoms with van der Waals surface area (Å²) in [4.78, 5) is 21.9. The van der Waals surface area contributed by atoms with E-state index in [2.05, 4.69) is 0 Å². The molecule has 0 heterocycles. The number of aliphatic carboxylic acids is 2. The summed E-state index contributed by atoms with van der Waals surface area (Å²) in [6, 6.07) is 0. The van der Waals surface area contributed by atoms with Gasteiger partial charge in [-0.15, -0.1) is 0 Å². The van der Waals surface area contributed by atoms with Crippen LogP contribution in [0.5, 0.6) is 0 Å². The molecule has 0 saturated carbocycles. The van der Waals surface area contributed by atoms with Crippen LogP contribution in [-0.2, 0) is 9.59 Å². The van der Waals surface area contributed by atoms with Gasteiger partial charge in [-0.05, 0) is 39.8 Å². The SMILES string of the molecule is CC(C)=C/C(C(=O)O)=C(\C=C(C)C)C(=O)O. The first kappa shape index (κ1) is 14.2. The Labute approximate surface area is 94.6 Å². The quantitative estimate of drug-likeness (QED) is 0.568. The Bertz CT molecular complexity index is 351. The van der Waals surface area contributed by atoms with Crippen molar-refractivity contribution in [3.63, 3.8) is 0 Å². The molecule has 4 nitrogen and oxygen atoms in total. The number of hydrogen-bond donors (Lipinski definition) is 2. The molecule has 0 fully saturated rings. The topological polar surface area (TPSA) is 74.6 Å². The van der Waals surface area contributed by atoms with Crippen LogP contribution in [0.3, 0.4) is 0 Å². The molecule has 0 aliphatic heterocycles. The molecular weight excluding hydrogens is 208 g/mol. The summed E-state index contributed by atoms with van der Waals surface area (Å²) < 4.78 is 0. The zero-order chi connectivity index (χ0) is 12.9. The lowest BCUT2D eigenvalue weighted by atomic mass is 10.0. The molecule has 0 aromatic rings. The van der Waals surface area contributed by atoms with Gasteiger partial charge in [-0.3, -0.25) is 0 Å². The Morgan fingerprint density at radius 2 is 1.00 bits per heavy atom. The van der Waals surface area contributed by atoms with E-state index in [1.54, 1.807) is 27.7 Å². The highest BCUT2D eigenvalue weighted by atomic mass is 16.4. The highest BCUT2D eigenvalue weighted by Gasteiger charge is 2.16. The normalized spacial score (nSPS) is 11.2. The van der Waals surface area contributed by atoms with Gasteiger partial charge in [0, 0.05) is 0 Å². The molecule has 0 rings (SSSR count). The van der Waals surface area contributed by atoms with Crippen molar-refractivity contribution in [2.24, 2.45) is 0 Å². The number of carbonyl (C=O) groups is 2. The zero-order valence-corrected chi connectivity index (χ0v) is 9.87. The second-order valence-electron chi connectivity index (χ2n) is 3.88. The molecule has 0 spiro atoms. The summed E-state index contributed by atoms with van der Waals surface area (Å²) in [5, 5.41) is 17.9. The van der Waals surface area contributed by atoms with Crippen molar-refractivity contribution in [2.75, 3.05) is 0 Å². The summed E-state index contributed by atoms with van der Waals surface area (Å²) in [6.45, 7) is 6.85. The summed E-state index contributed by atoms with van der Waals surface area (Å²) in [5.41, 5.74) is 1.07. The van der Waals surface area contributed by atoms with Gasteiger partial charge in [0.25, 0.3) is 0 Å². The van der Waals surface area contributed by atoms with E-state index in [0.717, 1.165) is 11.1 Å². The largest absolute Gasteiger partial charge is 0.478 e. The van der Waals surface area contributed by atoms with Crippen LogP contribution in [0, 0.1) is 0 Å². The van der Waals surface area contributed by atoms with E-state index >= 15 is 0 Å². The third kappa shape index (κ3) is 4.59. The summed E-state index contributed by atoms with van der Waals surface area (Å²) in [5.74, 6) is -2.48. The first-order valence-corrected chi connectivity index (χ1v) is 4.76. The highest BCUT2D eigenvalue weighted by molar-refractivity contribution is 6.03. The second kappa shape index (κ2) is 5.90. The molecule has 0 amide bonds. The second-order valence-corrected chi connectivity index (χ2v) is 3.88. The van der Waals surface area contributed by atoms with Gasteiger partial charge in [-0.25, -0.2) is 9.59 Å². The maximum atomic E-state index is 11.0. The Kier molecular flexibility index (Phi) is 5.22. The first-order chi connectivity index (χ1) is 7.25. The van der Waals surface area contributed by atoms with Crippen LogP contribution in [0.15, 0.2) is 34.4 Å². The van der Waals surface area contributed by atoms with Gasteiger partial charge in [0.2, 0.25) is 0 Å². The predicted octanol–water partition coefficient (Wildman–Crippen LogP) is 2.38. The smallest absolute Gasteiger partial charge is 0.336 e. The summed E-state index contributed by atoms with van der Waals surface area (Å²) >= 11 is 0. The van der Waals surface area contributed by atoms with Crippen molar-refractivity contribution < 1.29 is 19.8 Å². The number of allylic oxidation sites excluding steroid dienone is 2. The molecule has 0 unspecified atom stereocenters. The average molecular weight is 224 g/mol. The Balaban J connectivity index is 5.85. The first-order valence-electron chi connectivity index (χ1n) is 4.76. The van der Waals surface area contributed by atoms with Crippen molar-refractivity contribution in [3.05, 3.63) is 34.4 Å². The molecule has 0 aliphatic rings. The van der Waals surface area contributed by atoms with Crippen LogP contribution in [-0.4, -0.2) is 22.2 Å². The molecule has 2 N–H and O–H groups in total. The van der Waals surface area contributed by atoms with E-state index in [1.807, 2.05) is 0 Å². The van der Waals surface area contributed by atoms with Crippen LogP contribution in [0.4, 0.5) is 0 Å². The predicted molar refractivity (Wildman–Crippen MR) is 61.2 cm³/mol. The van der Waals surface area contributed by atoms with E-state index in [4.69, 9.17) is 10.2 Å². The molecular formula is C12H16O4. The van der Waals surface area contributed by atoms with Crippen LogP contribution < -0.4 is 0 Å². The molecule has 0 aromatic carbocycles. The number of carboxylic acid groups (broad SMARTS) is 2. The minimum Gasteiger partial charge on any atom is -0.478 e. The monoisotopic (exact) mass is 224 g/mol. The maximum Gasteiger partial charge on any atom is 0.336 e. The lowest BCUT2D eigenvalue weighted by Gasteiger charge is -2.02. The summed E-state index contributed by atoms with van der Waals surface area (Å²) in [6.07, 6.45) is 2.70. The van der Waals surface area contributed by atoms with Crippen LogP contribution in [0.25, 0.3) is 0 Å². The van der Waals surface area contributed by atoms with Crippen LogP contribution in [0.1, 0.15) is 27.7 Å². The number of carboxylic acids is 2. The minimum atomic E-state index is -1.24. The minimum absolute atomic E-state index is 0.200. The number of rotatable bonds is 4. The van der Waals surface area contributed by atoms with Crippen molar-refractivity contribution in [3.8, 4) is 0 Å². The fourth-order valence-corrected chi connectivity index (χ4v) is 1.09. The fraction of sp³-hybridized carbons (Fsp3) is 0.333. The lowest BCUT2D eigenvalue weighted by Crippen LogP contribution is -2.09. The Morgan fingerprint density at radius 1 is 0.750 bits per heavy atom. The molecule has 88 valence electrons. The van der Waals surface area contributed by atoms with Gasteiger partial charge in [-0.1, -0.05) is 11.1 Å². The van der Waals surface area contributed by atoms with Crippen LogP contribution in [0.2, 0.25) is 0 Å². The molecule has 0 bridgehead atoms. The molecule has 0 atom stereocenters. The van der Waals surface area contributed by atoms with Crippen molar-refractivity contribution in [1.82, 2.24) is 0 Å². The molecule has 0 radical (unpaired) electrons. The third-order valence-corrected chi connectivity index (χ3v) is 1.62. The van der Waals surface area contributed by atoms with E-state index < -0.39 is 11.9 Å². The summed E-state index contributed by atoms with van der Waals surface area (Å²) in [7, 11) is 0. The van der Waals surface area contributed by atoms with Gasteiger partial charge in [0.05, 0.1) is 11.1 Å². The van der Waals surface area contributed by atoms with E-state index in [-0.39, 0.29) is 11.1 Å². The van der Waals surface area contributed by atoms with Gasteiger partial charge in [-0.2, -0.15) is 0 Å². The average Bonchev–Trinajstić information content (AvgIpc) is 2.09. The molecule has 0 aliphatic carbocycles. The van der Waals surface area contributed by atoms with Gasteiger partial charge >= 0.3 is 11.9 Å². The Hall–Kier alpha value is -1.84. The molecule has 4 heteroatoms. The van der Waals surface area contributed by atoms with Crippen LogP contribution >= 0.6 is 0 Å². The zero-order valence-electron chi connectivity index (χ0n) is 9.87. The molecule has 0 saturated heterocycles.